The highest BCUT2D eigenvalue weighted by molar-refractivity contribution is 6.31. The molecule has 0 radical (unpaired) electrons. The van der Waals surface area contributed by atoms with E-state index in [4.69, 9.17) is 11.6 Å². The molecule has 98 valence electrons. The van der Waals surface area contributed by atoms with E-state index < -0.39 is 0 Å². The van der Waals surface area contributed by atoms with Gasteiger partial charge in [0.2, 0.25) is 5.91 Å². The number of hydrogen-bond donors (Lipinski definition) is 2. The van der Waals surface area contributed by atoms with Gasteiger partial charge in [-0.25, -0.2) is 9.37 Å². The van der Waals surface area contributed by atoms with Gasteiger partial charge in [-0.2, -0.15) is 0 Å². The zero-order valence-electron chi connectivity index (χ0n) is 10.2. The molecule has 0 unspecified atom stereocenters. The highest BCUT2D eigenvalue weighted by Crippen LogP contribution is 2.34. The molecule has 4 nitrogen and oxygen atoms in total. The third-order valence-electron chi connectivity index (χ3n) is 3.15. The fourth-order valence-electron chi connectivity index (χ4n) is 2.26. The second-order valence-corrected chi connectivity index (χ2v) is 4.86. The van der Waals surface area contributed by atoms with Gasteiger partial charge in [0.1, 0.15) is 22.5 Å². The number of aromatic amines is 1. The smallest absolute Gasteiger partial charge is 0.224 e. The Kier molecular flexibility index (Phi) is 2.78. The Balaban J connectivity index is 2.14. The Morgan fingerprint density at radius 1 is 1.37 bits per heavy atom. The van der Waals surface area contributed by atoms with Crippen molar-refractivity contribution in [2.45, 2.75) is 19.8 Å². The maximum absolute atomic E-state index is 14.5. The zero-order valence-corrected chi connectivity index (χ0v) is 10.9. The molecule has 0 atom stereocenters. The summed E-state index contributed by atoms with van der Waals surface area (Å²) < 4.78 is 14.5. The van der Waals surface area contributed by atoms with Gasteiger partial charge in [-0.15, -0.1) is 0 Å². The number of nitrogens with zero attached hydrogens (tertiary/aromatic N) is 1. The van der Waals surface area contributed by atoms with E-state index in [1.54, 1.807) is 19.1 Å². The van der Waals surface area contributed by atoms with Crippen molar-refractivity contribution in [3.05, 3.63) is 34.5 Å². The van der Waals surface area contributed by atoms with Gasteiger partial charge in [0.05, 0.1) is 0 Å². The number of aromatic nitrogens is 2. The Bertz CT molecular complexity index is 681. The van der Waals surface area contributed by atoms with Gasteiger partial charge < -0.3 is 10.3 Å². The predicted molar refractivity (Wildman–Crippen MR) is 70.7 cm³/mol. The molecule has 1 aromatic carbocycles. The molecule has 0 saturated carbocycles. The van der Waals surface area contributed by atoms with Crippen LogP contribution in [0.2, 0.25) is 5.15 Å². The number of anilines is 1. The number of fused-ring (bicyclic) bond motifs is 1. The number of nitrogens with one attached hydrogen (secondary N) is 2. The minimum Gasteiger partial charge on any atom is -0.333 e. The van der Waals surface area contributed by atoms with Crippen molar-refractivity contribution in [1.82, 2.24) is 9.97 Å². The van der Waals surface area contributed by atoms with Crippen LogP contribution in [0.5, 0.6) is 0 Å². The Morgan fingerprint density at radius 3 is 2.84 bits per heavy atom. The van der Waals surface area contributed by atoms with Gasteiger partial charge in [0, 0.05) is 23.2 Å². The average molecular weight is 280 g/mol. The van der Waals surface area contributed by atoms with Crippen molar-refractivity contribution in [3.63, 3.8) is 0 Å². The first-order valence-electron chi connectivity index (χ1n) is 5.90. The maximum atomic E-state index is 14.5. The van der Waals surface area contributed by atoms with E-state index in [9.17, 15) is 9.18 Å². The lowest BCUT2D eigenvalue weighted by Crippen LogP contribution is -2.20. The Labute approximate surface area is 114 Å². The van der Waals surface area contributed by atoms with E-state index in [0.717, 1.165) is 0 Å². The molecule has 1 aromatic heterocycles. The van der Waals surface area contributed by atoms with Crippen LogP contribution in [0.25, 0.3) is 11.3 Å². The van der Waals surface area contributed by atoms with Crippen molar-refractivity contribution in [1.29, 1.82) is 0 Å². The number of H-pyrrole nitrogens is 1. The maximum Gasteiger partial charge on any atom is 0.224 e. The molecule has 0 saturated heterocycles. The highest BCUT2D eigenvalue weighted by atomic mass is 35.5. The number of carbonyl (C=O) groups excluding carboxylic acids is 1. The number of aryl methyl sites for hydroxylation is 1. The van der Waals surface area contributed by atoms with Crippen LogP contribution in [0.15, 0.2) is 12.1 Å². The van der Waals surface area contributed by atoms with E-state index in [1.807, 2.05) is 0 Å². The lowest BCUT2D eigenvalue weighted by molar-refractivity contribution is -0.116. The first kappa shape index (κ1) is 12.2. The minimum atomic E-state index is -0.370. The van der Waals surface area contributed by atoms with Crippen LogP contribution in [0.4, 0.5) is 10.1 Å². The van der Waals surface area contributed by atoms with Crippen LogP contribution in [0.1, 0.15) is 17.8 Å². The molecule has 2 aromatic rings. The quantitative estimate of drug-likeness (QED) is 0.843. The summed E-state index contributed by atoms with van der Waals surface area (Å²) in [5.74, 6) is 0.171. The molecule has 3 rings (SSSR count). The molecule has 6 heteroatoms. The van der Waals surface area contributed by atoms with Gasteiger partial charge in [-0.1, -0.05) is 11.6 Å². The summed E-state index contributed by atoms with van der Waals surface area (Å²) in [5, 5.41) is 2.97. The molecule has 1 aliphatic heterocycles. The molecule has 0 spiro atoms. The van der Waals surface area contributed by atoms with Crippen LogP contribution in [0.3, 0.4) is 0 Å². The summed E-state index contributed by atoms with van der Waals surface area (Å²) in [4.78, 5) is 18.3. The van der Waals surface area contributed by atoms with E-state index >= 15 is 0 Å². The summed E-state index contributed by atoms with van der Waals surface area (Å²) in [6.45, 7) is 1.76. The van der Waals surface area contributed by atoms with Crippen molar-refractivity contribution < 1.29 is 9.18 Å². The van der Waals surface area contributed by atoms with E-state index in [-0.39, 0.29) is 11.7 Å². The van der Waals surface area contributed by atoms with Crippen LogP contribution in [-0.4, -0.2) is 15.9 Å². The lowest BCUT2D eigenvalue weighted by Gasteiger charge is -2.18. The second kappa shape index (κ2) is 4.35. The van der Waals surface area contributed by atoms with Crippen LogP contribution in [0, 0.1) is 12.7 Å². The number of imidazole rings is 1. The highest BCUT2D eigenvalue weighted by Gasteiger charge is 2.22. The fraction of sp³-hybridized carbons (Fsp3) is 0.231. The Hall–Kier alpha value is -1.88. The molecule has 0 aliphatic carbocycles. The standard InChI is InChI=1S/C13H11ClFN3O/c1-6-16-12(13(14)17-6)8-2-4-9-7(11(8)15)3-5-10(19)18-9/h2,4H,3,5H2,1H3,(H,16,17)(H,18,19). The van der Waals surface area contributed by atoms with Crippen molar-refractivity contribution >= 4 is 23.2 Å². The zero-order chi connectivity index (χ0) is 13.6. The SMILES string of the molecule is Cc1nc(-c2ccc3c(c2F)CCC(=O)N3)c(Cl)[nH]1. The average Bonchev–Trinajstić information content (AvgIpc) is 2.68. The van der Waals surface area contributed by atoms with Gasteiger partial charge in [-0.05, 0) is 25.5 Å². The summed E-state index contributed by atoms with van der Waals surface area (Å²) >= 11 is 6.00. The number of halogens is 2. The number of amides is 1. The summed E-state index contributed by atoms with van der Waals surface area (Å²) in [5.41, 5.74) is 1.79. The van der Waals surface area contributed by atoms with Gasteiger partial charge in [0.15, 0.2) is 0 Å². The molecule has 2 N–H and O–H groups in total. The third-order valence-corrected chi connectivity index (χ3v) is 3.43. The molecule has 0 fully saturated rings. The Morgan fingerprint density at radius 2 is 2.16 bits per heavy atom. The second-order valence-electron chi connectivity index (χ2n) is 4.49. The molecule has 19 heavy (non-hydrogen) atoms. The first-order valence-corrected chi connectivity index (χ1v) is 6.28. The number of rotatable bonds is 1. The van der Waals surface area contributed by atoms with E-state index in [0.29, 0.717) is 46.3 Å². The van der Waals surface area contributed by atoms with Crippen LogP contribution >= 0.6 is 11.6 Å². The normalized spacial score (nSPS) is 14.2. The third kappa shape index (κ3) is 2.00. The van der Waals surface area contributed by atoms with Crippen molar-refractivity contribution in [3.8, 4) is 11.3 Å². The molecular formula is C13H11ClFN3O. The van der Waals surface area contributed by atoms with Gasteiger partial charge in [0.25, 0.3) is 0 Å². The van der Waals surface area contributed by atoms with Gasteiger partial charge >= 0.3 is 0 Å². The van der Waals surface area contributed by atoms with Crippen LogP contribution < -0.4 is 5.32 Å². The van der Waals surface area contributed by atoms with Crippen LogP contribution in [-0.2, 0) is 11.2 Å². The summed E-state index contributed by atoms with van der Waals surface area (Å²) in [7, 11) is 0. The largest absolute Gasteiger partial charge is 0.333 e. The summed E-state index contributed by atoms with van der Waals surface area (Å²) in [6, 6.07) is 3.27. The lowest BCUT2D eigenvalue weighted by atomic mass is 9.98. The summed E-state index contributed by atoms with van der Waals surface area (Å²) in [6.07, 6.45) is 0.683. The van der Waals surface area contributed by atoms with Gasteiger partial charge in [-0.3, -0.25) is 4.79 Å². The molecular weight excluding hydrogens is 269 g/mol. The molecule has 1 aliphatic rings. The molecule has 2 heterocycles. The van der Waals surface area contributed by atoms with Crippen molar-refractivity contribution in [2.75, 3.05) is 5.32 Å². The molecule has 0 bridgehead atoms. The number of hydrogen-bond acceptors (Lipinski definition) is 2. The number of benzene rings is 1. The predicted octanol–water partition coefficient (Wildman–Crippen LogP) is 3.06. The van der Waals surface area contributed by atoms with E-state index in [2.05, 4.69) is 15.3 Å². The van der Waals surface area contributed by atoms with Crippen molar-refractivity contribution in [2.24, 2.45) is 0 Å². The fourth-order valence-corrected chi connectivity index (χ4v) is 2.54. The molecule has 1 amide bonds. The minimum absolute atomic E-state index is 0.0895. The van der Waals surface area contributed by atoms with E-state index in [1.165, 1.54) is 0 Å². The first-order chi connectivity index (χ1) is 9.06. The monoisotopic (exact) mass is 279 g/mol. The topological polar surface area (TPSA) is 57.8 Å². The number of carbonyl (C=O) groups is 1.